The first-order chi connectivity index (χ1) is 13.9. The third kappa shape index (κ3) is 2.52. The molecule has 5 heteroatoms. The minimum atomic E-state index is -0.316. The van der Waals surface area contributed by atoms with Crippen LogP contribution in [-0.2, 0) is 11.3 Å². The van der Waals surface area contributed by atoms with E-state index >= 15 is 0 Å². The zero-order valence-electron chi connectivity index (χ0n) is 17.8. The highest BCUT2D eigenvalue weighted by Gasteiger charge is 2.67. The van der Waals surface area contributed by atoms with Crippen molar-refractivity contribution >= 4 is 5.78 Å². The quantitative estimate of drug-likeness (QED) is 0.844. The lowest BCUT2D eigenvalue weighted by Crippen LogP contribution is -2.51. The normalized spacial score (nSPS) is 52.8. The van der Waals surface area contributed by atoms with Crippen molar-refractivity contribution in [3.63, 3.8) is 0 Å². The van der Waals surface area contributed by atoms with Crippen LogP contribution in [0.3, 0.4) is 0 Å². The third-order valence-electron chi connectivity index (χ3n) is 10.6. The van der Waals surface area contributed by atoms with E-state index in [1.807, 2.05) is 0 Å². The Morgan fingerprint density at radius 2 is 1.90 bits per heavy atom. The van der Waals surface area contributed by atoms with E-state index in [2.05, 4.69) is 24.2 Å². The summed E-state index contributed by atoms with van der Waals surface area (Å²) in [5.74, 6) is 5.56. The number of Topliss-reactive ketones (excluding diaryl/α,β-unsaturated/α-hetero) is 1. The van der Waals surface area contributed by atoms with Gasteiger partial charge >= 0.3 is 0 Å². The summed E-state index contributed by atoms with van der Waals surface area (Å²) in [6, 6.07) is 0. The molecule has 1 aromatic heterocycles. The standard InChI is InChI=1S/C24H35N3O2/c1-14-11-18-15-7-8-23(2)19(16(15)3-4-17(18)21-12-24(14,21)29)5-6-20(23)22(28)13-27-10-9-25-26-27/h9-10,14-21,29H,3-8,11-13H2,1-2H3/t14-,15-,16+,17+,18+,19-,20+,21?,23-,24+/m0/s1. The molecule has 5 saturated carbocycles. The molecule has 0 radical (unpaired) electrons. The summed E-state index contributed by atoms with van der Waals surface area (Å²) in [5.41, 5.74) is -0.143. The number of nitrogens with zero attached hydrogens (tertiary/aromatic N) is 3. The molecular formula is C24H35N3O2. The fourth-order valence-corrected chi connectivity index (χ4v) is 9.14. The Kier molecular flexibility index (Phi) is 3.93. The minimum absolute atomic E-state index is 0.173. The lowest BCUT2D eigenvalue weighted by molar-refractivity contribution is -0.132. The Morgan fingerprint density at radius 3 is 2.66 bits per heavy atom. The summed E-state index contributed by atoms with van der Waals surface area (Å²) in [5, 5.41) is 18.8. The van der Waals surface area contributed by atoms with Crippen LogP contribution < -0.4 is 0 Å². The predicted molar refractivity (Wildman–Crippen MR) is 109 cm³/mol. The molecule has 5 nitrogen and oxygen atoms in total. The highest BCUT2D eigenvalue weighted by atomic mass is 16.3. The fourth-order valence-electron chi connectivity index (χ4n) is 9.14. The van der Waals surface area contributed by atoms with Gasteiger partial charge in [-0.2, -0.15) is 0 Å². The third-order valence-corrected chi connectivity index (χ3v) is 10.6. The van der Waals surface area contributed by atoms with Crippen molar-refractivity contribution in [3.05, 3.63) is 12.4 Å². The lowest BCUT2D eigenvalue weighted by atomic mass is 9.49. The van der Waals surface area contributed by atoms with Gasteiger partial charge in [0.25, 0.3) is 0 Å². The molecule has 5 aliphatic rings. The van der Waals surface area contributed by atoms with E-state index in [4.69, 9.17) is 0 Å². The maximum atomic E-state index is 13.2. The number of carbonyl (C=O) groups is 1. The van der Waals surface area contributed by atoms with Crippen LogP contribution in [0.4, 0.5) is 0 Å². The number of fused-ring (bicyclic) bond motifs is 7. The zero-order valence-corrected chi connectivity index (χ0v) is 17.8. The summed E-state index contributed by atoms with van der Waals surface area (Å²) >= 11 is 0. The van der Waals surface area contributed by atoms with Gasteiger partial charge < -0.3 is 5.11 Å². The Bertz CT molecular complexity index is 809. The summed E-state index contributed by atoms with van der Waals surface area (Å²) < 4.78 is 1.69. The first-order valence-electron chi connectivity index (χ1n) is 12.0. The molecule has 0 bridgehead atoms. The first-order valence-corrected chi connectivity index (χ1v) is 12.0. The number of hydrogen-bond donors (Lipinski definition) is 1. The summed E-state index contributed by atoms with van der Waals surface area (Å²) in [7, 11) is 0. The summed E-state index contributed by atoms with van der Waals surface area (Å²) in [6.45, 7) is 5.10. The number of aromatic nitrogens is 3. The molecule has 5 aliphatic carbocycles. The molecule has 5 fully saturated rings. The molecule has 1 aromatic rings. The Morgan fingerprint density at radius 1 is 1.10 bits per heavy atom. The Balaban J connectivity index is 1.21. The molecule has 0 saturated heterocycles. The molecule has 1 unspecified atom stereocenters. The van der Waals surface area contributed by atoms with E-state index in [-0.39, 0.29) is 16.9 Å². The highest BCUT2D eigenvalue weighted by Crippen LogP contribution is 2.69. The van der Waals surface area contributed by atoms with Gasteiger partial charge in [0, 0.05) is 12.1 Å². The molecule has 0 amide bonds. The van der Waals surface area contributed by atoms with Crippen LogP contribution in [0.1, 0.15) is 65.2 Å². The number of carbonyl (C=O) groups excluding carboxylic acids is 1. The molecular weight excluding hydrogens is 362 g/mol. The number of hydrogen-bond acceptors (Lipinski definition) is 4. The first kappa shape index (κ1) is 18.5. The van der Waals surface area contributed by atoms with Crippen LogP contribution in [0.2, 0.25) is 0 Å². The monoisotopic (exact) mass is 397 g/mol. The molecule has 0 aliphatic heterocycles. The Hall–Kier alpha value is -1.23. The molecule has 0 aromatic carbocycles. The van der Waals surface area contributed by atoms with Crippen molar-refractivity contribution in [2.75, 3.05) is 0 Å². The smallest absolute Gasteiger partial charge is 0.157 e. The van der Waals surface area contributed by atoms with Gasteiger partial charge in [0.05, 0.1) is 11.8 Å². The number of ketones is 1. The SMILES string of the molecule is C[C@H]1C[C@@H]2[C@H]3CC[C@]4(C)[C@@H](C(=O)Cn5ccnn5)CC[C@H]4[C@@H]3CC[C@H]2C2C[C@]21O. The largest absolute Gasteiger partial charge is 0.389 e. The molecule has 29 heavy (non-hydrogen) atoms. The van der Waals surface area contributed by atoms with Crippen molar-refractivity contribution in [3.8, 4) is 0 Å². The second-order valence-electron chi connectivity index (χ2n) is 11.5. The van der Waals surface area contributed by atoms with Crippen molar-refractivity contribution in [2.24, 2.45) is 52.8 Å². The average Bonchev–Trinajstić information content (AvgIpc) is 3.03. The van der Waals surface area contributed by atoms with Gasteiger partial charge in [0.2, 0.25) is 0 Å². The second-order valence-corrected chi connectivity index (χ2v) is 11.5. The molecule has 10 atom stereocenters. The van der Waals surface area contributed by atoms with Gasteiger partial charge in [-0.15, -0.1) is 5.10 Å². The molecule has 158 valence electrons. The number of aliphatic hydroxyl groups is 1. The topological polar surface area (TPSA) is 68.0 Å². The zero-order chi connectivity index (χ0) is 20.0. The van der Waals surface area contributed by atoms with Gasteiger partial charge in [-0.1, -0.05) is 19.1 Å². The summed E-state index contributed by atoms with van der Waals surface area (Å²) in [4.78, 5) is 13.2. The molecule has 6 rings (SSSR count). The van der Waals surface area contributed by atoms with Gasteiger partial charge in [-0.3, -0.25) is 4.79 Å². The van der Waals surface area contributed by atoms with Crippen molar-refractivity contribution in [2.45, 2.75) is 77.4 Å². The van der Waals surface area contributed by atoms with E-state index in [1.54, 1.807) is 17.1 Å². The Labute approximate surface area is 173 Å². The van der Waals surface area contributed by atoms with Gasteiger partial charge in [-0.25, -0.2) is 4.68 Å². The van der Waals surface area contributed by atoms with Gasteiger partial charge in [-0.05, 0) is 98.2 Å². The van der Waals surface area contributed by atoms with Gasteiger partial charge in [0.1, 0.15) is 6.54 Å². The van der Waals surface area contributed by atoms with E-state index in [9.17, 15) is 9.90 Å². The van der Waals surface area contributed by atoms with Crippen LogP contribution >= 0.6 is 0 Å². The lowest BCUT2D eigenvalue weighted by Gasteiger charge is -2.56. The van der Waals surface area contributed by atoms with Crippen molar-refractivity contribution in [1.29, 1.82) is 0 Å². The van der Waals surface area contributed by atoms with Crippen LogP contribution in [0, 0.1) is 52.8 Å². The van der Waals surface area contributed by atoms with Crippen LogP contribution in [0.15, 0.2) is 12.4 Å². The van der Waals surface area contributed by atoms with Crippen LogP contribution in [-0.4, -0.2) is 31.5 Å². The van der Waals surface area contributed by atoms with Crippen LogP contribution in [0.25, 0.3) is 0 Å². The van der Waals surface area contributed by atoms with Crippen molar-refractivity contribution < 1.29 is 9.90 Å². The number of rotatable bonds is 3. The fraction of sp³-hybridized carbons (Fsp3) is 0.875. The van der Waals surface area contributed by atoms with Gasteiger partial charge in [0.15, 0.2) is 5.78 Å². The maximum Gasteiger partial charge on any atom is 0.157 e. The molecule has 1 heterocycles. The highest BCUT2D eigenvalue weighted by molar-refractivity contribution is 5.82. The molecule has 1 N–H and O–H groups in total. The minimum Gasteiger partial charge on any atom is -0.389 e. The maximum absolute atomic E-state index is 13.2. The average molecular weight is 398 g/mol. The predicted octanol–water partition coefficient (Wildman–Crippen LogP) is 3.72. The van der Waals surface area contributed by atoms with E-state index in [0.29, 0.717) is 30.1 Å². The van der Waals surface area contributed by atoms with E-state index < -0.39 is 0 Å². The molecule has 0 spiro atoms. The van der Waals surface area contributed by atoms with E-state index in [1.165, 1.54) is 38.5 Å². The van der Waals surface area contributed by atoms with E-state index in [0.717, 1.165) is 36.5 Å². The summed E-state index contributed by atoms with van der Waals surface area (Å²) in [6.07, 6.45) is 13.2. The van der Waals surface area contributed by atoms with Crippen LogP contribution in [0.5, 0.6) is 0 Å². The van der Waals surface area contributed by atoms with Crippen molar-refractivity contribution in [1.82, 2.24) is 15.0 Å². The second kappa shape index (κ2) is 6.15.